The van der Waals surface area contributed by atoms with E-state index in [9.17, 15) is 0 Å². The van der Waals surface area contributed by atoms with Gasteiger partial charge in [0.05, 0.1) is 11.0 Å². The number of hydrogen-bond donors (Lipinski definition) is 0. The summed E-state index contributed by atoms with van der Waals surface area (Å²) >= 11 is 0. The van der Waals surface area contributed by atoms with Crippen molar-refractivity contribution in [3.8, 4) is 73.2 Å². The molecule has 0 aliphatic rings. The first-order chi connectivity index (χ1) is 34.1. The Kier molecular flexibility index (Phi) is 8.79. The second-order valence-corrected chi connectivity index (χ2v) is 17.6. The molecule has 10 aromatic carbocycles. The Morgan fingerprint density at radius 2 is 0.667 bits per heavy atom. The predicted molar refractivity (Wildman–Crippen MR) is 281 cm³/mol. The number of nitrogens with zero attached hydrogens (tertiary/aromatic N) is 4. The van der Waals surface area contributed by atoms with Crippen molar-refractivity contribution in [2.45, 2.75) is 0 Å². The van der Waals surface area contributed by atoms with Crippen LogP contribution in [0, 0.1) is 0 Å². The molecule has 0 fully saturated rings. The van der Waals surface area contributed by atoms with Crippen molar-refractivity contribution in [3.63, 3.8) is 0 Å². The minimum atomic E-state index is 0.577. The summed E-state index contributed by atoms with van der Waals surface area (Å²) in [5.74, 6) is 1.80. The molecule has 6 nitrogen and oxygen atoms in total. The third-order valence-electron chi connectivity index (χ3n) is 13.5. The second-order valence-electron chi connectivity index (χ2n) is 17.6. The van der Waals surface area contributed by atoms with Gasteiger partial charge in [-0.25, -0.2) is 15.0 Å². The summed E-state index contributed by atoms with van der Waals surface area (Å²) in [6.45, 7) is 0. The number of furan rings is 2. The van der Waals surface area contributed by atoms with E-state index in [1.807, 2.05) is 42.5 Å². The van der Waals surface area contributed by atoms with E-state index in [4.69, 9.17) is 23.8 Å². The lowest BCUT2D eigenvalue weighted by atomic mass is 10.0. The van der Waals surface area contributed by atoms with Crippen LogP contribution in [0.1, 0.15) is 0 Å². The second kappa shape index (κ2) is 15.6. The molecule has 0 N–H and O–H groups in total. The molecule has 0 saturated heterocycles. The van der Waals surface area contributed by atoms with E-state index in [2.05, 4.69) is 193 Å². The van der Waals surface area contributed by atoms with E-state index in [1.165, 1.54) is 27.4 Å². The van der Waals surface area contributed by atoms with Crippen LogP contribution in [0.3, 0.4) is 0 Å². The monoisotopic (exact) mass is 882 g/mol. The molecule has 4 aromatic heterocycles. The molecule has 0 spiro atoms. The van der Waals surface area contributed by atoms with Gasteiger partial charge < -0.3 is 13.4 Å². The Hall–Kier alpha value is -9.39. The fourth-order valence-electron chi connectivity index (χ4n) is 10.0. The lowest BCUT2D eigenvalue weighted by Crippen LogP contribution is -2.00. The number of benzene rings is 10. The highest BCUT2D eigenvalue weighted by atomic mass is 16.3. The summed E-state index contributed by atoms with van der Waals surface area (Å²) in [4.78, 5) is 15.0. The van der Waals surface area contributed by atoms with Crippen LogP contribution < -0.4 is 0 Å². The van der Waals surface area contributed by atoms with Crippen molar-refractivity contribution in [1.82, 2.24) is 19.5 Å². The summed E-state index contributed by atoms with van der Waals surface area (Å²) in [5, 5.41) is 6.64. The summed E-state index contributed by atoms with van der Waals surface area (Å²) in [5.41, 5.74) is 16.3. The standard InChI is InChI=1S/C63H38N4O2/c1-4-12-39(13-5-1)41-20-22-43(23-21-41)62-64-61(42-16-8-3-9-17-42)65-63(66-62)47-24-29-50-52-35-45(26-31-57(52)69-60(50)37-47)46-27-32-58-53(36-46)54-38-48(28-33-59(54)68-58)67-55-19-11-10-18-49(55)51-34-44(25-30-56(51)67)40-14-6-2-7-15-40/h1-38H. The minimum Gasteiger partial charge on any atom is -0.456 e. The first kappa shape index (κ1) is 38.8. The molecule has 0 aliphatic carbocycles. The highest BCUT2D eigenvalue weighted by Gasteiger charge is 2.18. The SMILES string of the molecule is c1ccc(-c2ccc(-c3nc(-c4ccccc4)nc(-c4ccc5c(c4)oc4ccc(-c6ccc7oc8ccc(-n9c%10ccccc%10c%10cc(-c%11ccccc%11)ccc%109)cc8c7c6)cc45)n3)cc2)cc1. The van der Waals surface area contributed by atoms with Crippen LogP contribution in [0.5, 0.6) is 0 Å². The zero-order valence-corrected chi connectivity index (χ0v) is 37.0. The maximum Gasteiger partial charge on any atom is 0.164 e. The fourth-order valence-corrected chi connectivity index (χ4v) is 10.0. The molecule has 4 heterocycles. The number of hydrogen-bond acceptors (Lipinski definition) is 5. The van der Waals surface area contributed by atoms with Gasteiger partial charge in [0.15, 0.2) is 17.5 Å². The van der Waals surface area contributed by atoms with E-state index in [0.717, 1.165) is 94.0 Å². The largest absolute Gasteiger partial charge is 0.456 e. The topological polar surface area (TPSA) is 69.9 Å². The van der Waals surface area contributed by atoms with E-state index in [-0.39, 0.29) is 0 Å². The molecule has 322 valence electrons. The number of fused-ring (bicyclic) bond motifs is 9. The smallest absolute Gasteiger partial charge is 0.164 e. The lowest BCUT2D eigenvalue weighted by molar-refractivity contribution is 0.668. The molecule has 14 aromatic rings. The summed E-state index contributed by atoms with van der Waals surface area (Å²) in [6, 6.07) is 80.6. The molecule has 0 amide bonds. The molecule has 0 aliphatic heterocycles. The fraction of sp³-hybridized carbons (Fsp3) is 0. The van der Waals surface area contributed by atoms with Gasteiger partial charge in [-0.2, -0.15) is 0 Å². The Morgan fingerprint density at radius 3 is 1.35 bits per heavy atom. The highest BCUT2D eigenvalue weighted by Crippen LogP contribution is 2.40. The first-order valence-corrected chi connectivity index (χ1v) is 23.1. The van der Waals surface area contributed by atoms with Crippen molar-refractivity contribution in [2.24, 2.45) is 0 Å². The van der Waals surface area contributed by atoms with Crippen LogP contribution >= 0.6 is 0 Å². The van der Waals surface area contributed by atoms with Crippen LogP contribution in [0.15, 0.2) is 239 Å². The van der Waals surface area contributed by atoms with Crippen molar-refractivity contribution < 1.29 is 8.83 Å². The van der Waals surface area contributed by atoms with Crippen LogP contribution in [-0.4, -0.2) is 19.5 Å². The number of rotatable bonds is 7. The van der Waals surface area contributed by atoms with Crippen LogP contribution in [0.4, 0.5) is 0 Å². The van der Waals surface area contributed by atoms with Crippen LogP contribution in [-0.2, 0) is 0 Å². The van der Waals surface area contributed by atoms with Crippen molar-refractivity contribution in [1.29, 1.82) is 0 Å². The molecule has 0 atom stereocenters. The number of para-hydroxylation sites is 1. The molecular weight excluding hydrogens is 845 g/mol. The molecule has 0 saturated carbocycles. The zero-order valence-electron chi connectivity index (χ0n) is 37.0. The Balaban J connectivity index is 0.829. The average Bonchev–Trinajstić information content (AvgIpc) is 4.09. The van der Waals surface area contributed by atoms with E-state index >= 15 is 0 Å². The molecule has 0 radical (unpaired) electrons. The normalized spacial score (nSPS) is 11.8. The maximum absolute atomic E-state index is 6.56. The van der Waals surface area contributed by atoms with Gasteiger partial charge in [0, 0.05) is 54.7 Å². The van der Waals surface area contributed by atoms with Gasteiger partial charge in [0.2, 0.25) is 0 Å². The van der Waals surface area contributed by atoms with Crippen molar-refractivity contribution in [3.05, 3.63) is 231 Å². The van der Waals surface area contributed by atoms with Gasteiger partial charge >= 0.3 is 0 Å². The summed E-state index contributed by atoms with van der Waals surface area (Å²) in [7, 11) is 0. The molecule has 69 heavy (non-hydrogen) atoms. The Bertz CT molecular complexity index is 4290. The number of aromatic nitrogens is 4. The van der Waals surface area contributed by atoms with Gasteiger partial charge in [0.1, 0.15) is 22.3 Å². The molecule has 14 rings (SSSR count). The van der Waals surface area contributed by atoms with Gasteiger partial charge in [-0.15, -0.1) is 0 Å². The molecule has 0 bridgehead atoms. The van der Waals surface area contributed by atoms with Crippen LogP contribution in [0.25, 0.3) is 139 Å². The van der Waals surface area contributed by atoms with Crippen molar-refractivity contribution >= 4 is 65.7 Å². The quantitative estimate of drug-likeness (QED) is 0.159. The summed E-state index contributed by atoms with van der Waals surface area (Å²) in [6.07, 6.45) is 0. The molecule has 0 unspecified atom stereocenters. The Morgan fingerprint density at radius 1 is 0.246 bits per heavy atom. The summed E-state index contributed by atoms with van der Waals surface area (Å²) < 4.78 is 15.4. The zero-order chi connectivity index (χ0) is 45.4. The van der Waals surface area contributed by atoms with E-state index < -0.39 is 0 Å². The third-order valence-corrected chi connectivity index (χ3v) is 13.5. The van der Waals surface area contributed by atoms with Gasteiger partial charge in [0.25, 0.3) is 0 Å². The highest BCUT2D eigenvalue weighted by molar-refractivity contribution is 6.12. The molecule has 6 heteroatoms. The predicted octanol–water partition coefficient (Wildman–Crippen LogP) is 16.8. The lowest BCUT2D eigenvalue weighted by Gasteiger charge is -2.09. The third kappa shape index (κ3) is 6.61. The van der Waals surface area contributed by atoms with Crippen LogP contribution in [0.2, 0.25) is 0 Å². The van der Waals surface area contributed by atoms with E-state index in [0.29, 0.717) is 17.5 Å². The minimum absolute atomic E-state index is 0.577. The average molecular weight is 883 g/mol. The van der Waals surface area contributed by atoms with Gasteiger partial charge in [-0.1, -0.05) is 158 Å². The Labute approximate surface area is 396 Å². The van der Waals surface area contributed by atoms with Crippen molar-refractivity contribution in [2.75, 3.05) is 0 Å². The van der Waals surface area contributed by atoms with Gasteiger partial charge in [-0.05, 0) is 106 Å². The van der Waals surface area contributed by atoms with Gasteiger partial charge in [-0.3, -0.25) is 0 Å². The maximum atomic E-state index is 6.56. The molecular formula is C63H38N4O2. The first-order valence-electron chi connectivity index (χ1n) is 23.1. The van der Waals surface area contributed by atoms with E-state index in [1.54, 1.807) is 0 Å².